The van der Waals surface area contributed by atoms with Crippen LogP contribution in [0.5, 0.6) is 5.75 Å². The molecule has 4 aromatic rings. The molecule has 0 fully saturated rings. The lowest BCUT2D eigenvalue weighted by Gasteiger charge is -2.10. The summed E-state index contributed by atoms with van der Waals surface area (Å²) in [6.45, 7) is 3.01. The molecule has 0 atom stereocenters. The molecule has 7 heteroatoms. The third-order valence-electron chi connectivity index (χ3n) is 4.61. The van der Waals surface area contributed by atoms with Gasteiger partial charge in [-0.25, -0.2) is 4.39 Å². The molecule has 29 heavy (non-hydrogen) atoms. The Morgan fingerprint density at radius 3 is 2.72 bits per heavy atom. The third-order valence-corrected chi connectivity index (χ3v) is 5.91. The van der Waals surface area contributed by atoms with E-state index in [2.05, 4.69) is 46.6 Å². The van der Waals surface area contributed by atoms with E-state index in [0.717, 1.165) is 17.5 Å². The van der Waals surface area contributed by atoms with Crippen molar-refractivity contribution in [3.63, 3.8) is 0 Å². The van der Waals surface area contributed by atoms with Crippen LogP contribution in [0.2, 0.25) is 5.02 Å². The molecule has 0 N–H and O–H groups in total. The van der Waals surface area contributed by atoms with Crippen LogP contribution >= 0.6 is 23.4 Å². The number of halogens is 2. The zero-order valence-corrected chi connectivity index (χ0v) is 17.4. The van der Waals surface area contributed by atoms with Gasteiger partial charge in [0.05, 0.1) is 5.02 Å². The first-order valence-corrected chi connectivity index (χ1v) is 10.6. The molecule has 0 spiro atoms. The summed E-state index contributed by atoms with van der Waals surface area (Å²) < 4.78 is 21.0. The Kier molecular flexibility index (Phi) is 6.02. The SMILES string of the molecule is CCn1c(COc2ccc(F)c(Cl)c2)nnc1SCc1cccc2ccccc12. The molecule has 0 unspecified atom stereocenters. The van der Waals surface area contributed by atoms with Crippen LogP contribution in [0.3, 0.4) is 0 Å². The Morgan fingerprint density at radius 2 is 1.90 bits per heavy atom. The zero-order chi connectivity index (χ0) is 20.2. The van der Waals surface area contributed by atoms with Gasteiger partial charge in [-0.1, -0.05) is 65.8 Å². The number of fused-ring (bicyclic) bond motifs is 1. The Morgan fingerprint density at radius 1 is 1.07 bits per heavy atom. The minimum absolute atomic E-state index is 0.0331. The first-order valence-electron chi connectivity index (χ1n) is 9.25. The molecule has 4 rings (SSSR count). The summed E-state index contributed by atoms with van der Waals surface area (Å²) >= 11 is 7.46. The summed E-state index contributed by atoms with van der Waals surface area (Å²) in [5.74, 6) is 1.54. The largest absolute Gasteiger partial charge is 0.486 e. The number of ether oxygens (including phenoxy) is 1. The normalized spacial score (nSPS) is 11.1. The minimum Gasteiger partial charge on any atom is -0.486 e. The quantitative estimate of drug-likeness (QED) is 0.333. The molecular formula is C22H19ClFN3OS. The van der Waals surface area contributed by atoms with E-state index in [1.807, 2.05) is 17.6 Å². The molecule has 148 valence electrons. The van der Waals surface area contributed by atoms with Crippen molar-refractivity contribution >= 4 is 34.1 Å². The van der Waals surface area contributed by atoms with E-state index in [4.69, 9.17) is 16.3 Å². The van der Waals surface area contributed by atoms with Crippen molar-refractivity contribution in [2.24, 2.45) is 0 Å². The average Bonchev–Trinajstić information content (AvgIpc) is 3.14. The lowest BCUT2D eigenvalue weighted by atomic mass is 10.1. The number of thioether (sulfide) groups is 1. The van der Waals surface area contributed by atoms with Gasteiger partial charge >= 0.3 is 0 Å². The maximum atomic E-state index is 13.3. The minimum atomic E-state index is -0.470. The first-order chi connectivity index (χ1) is 14.2. The highest BCUT2D eigenvalue weighted by atomic mass is 35.5. The number of benzene rings is 3. The summed E-state index contributed by atoms with van der Waals surface area (Å²) in [5, 5.41) is 12.0. The molecule has 4 nitrogen and oxygen atoms in total. The molecular weight excluding hydrogens is 409 g/mol. The highest BCUT2D eigenvalue weighted by Gasteiger charge is 2.13. The standard InChI is InChI=1S/C22H19ClFN3OS/c1-2-27-21(13-28-17-10-11-20(24)19(23)12-17)25-26-22(27)29-14-16-8-5-7-15-6-3-4-9-18(15)16/h3-12H,2,13-14H2,1H3. The van der Waals surface area contributed by atoms with E-state index in [0.29, 0.717) is 11.6 Å². The van der Waals surface area contributed by atoms with Gasteiger partial charge in [-0.2, -0.15) is 0 Å². The van der Waals surface area contributed by atoms with Crippen LogP contribution in [0.1, 0.15) is 18.3 Å². The lowest BCUT2D eigenvalue weighted by Crippen LogP contribution is -2.07. The van der Waals surface area contributed by atoms with E-state index < -0.39 is 5.82 Å². The van der Waals surface area contributed by atoms with Gasteiger partial charge in [-0.15, -0.1) is 10.2 Å². The molecule has 0 aliphatic heterocycles. The summed E-state index contributed by atoms with van der Waals surface area (Å²) in [5.41, 5.74) is 1.26. The van der Waals surface area contributed by atoms with E-state index in [-0.39, 0.29) is 11.6 Å². The molecule has 0 amide bonds. The Bertz CT molecular complexity index is 1140. The third kappa shape index (κ3) is 4.38. The smallest absolute Gasteiger partial charge is 0.191 e. The molecule has 0 radical (unpaired) electrons. The maximum Gasteiger partial charge on any atom is 0.191 e. The van der Waals surface area contributed by atoms with Crippen molar-refractivity contribution in [1.82, 2.24) is 14.8 Å². The van der Waals surface area contributed by atoms with Crippen LogP contribution in [-0.4, -0.2) is 14.8 Å². The number of hydrogen-bond donors (Lipinski definition) is 0. The molecule has 1 heterocycles. The average molecular weight is 428 g/mol. The van der Waals surface area contributed by atoms with Gasteiger partial charge < -0.3 is 9.30 Å². The van der Waals surface area contributed by atoms with Gasteiger partial charge in [0.1, 0.15) is 18.2 Å². The lowest BCUT2D eigenvalue weighted by molar-refractivity contribution is 0.288. The van der Waals surface area contributed by atoms with Gasteiger partial charge in [0.25, 0.3) is 0 Å². The molecule has 0 saturated heterocycles. The summed E-state index contributed by atoms with van der Waals surface area (Å²) in [7, 11) is 0. The van der Waals surface area contributed by atoms with Crippen LogP contribution in [-0.2, 0) is 18.9 Å². The number of hydrogen-bond acceptors (Lipinski definition) is 4. The predicted octanol–water partition coefficient (Wildman–Crippen LogP) is 6.12. The Hall–Kier alpha value is -2.57. The topological polar surface area (TPSA) is 39.9 Å². The zero-order valence-electron chi connectivity index (χ0n) is 15.8. The fourth-order valence-corrected chi connectivity index (χ4v) is 4.32. The Labute approximate surface area is 177 Å². The number of rotatable bonds is 7. The molecule has 3 aromatic carbocycles. The summed E-state index contributed by atoms with van der Waals surface area (Å²) in [4.78, 5) is 0. The first kappa shape index (κ1) is 19.7. The van der Waals surface area contributed by atoms with Crippen LogP contribution in [0.15, 0.2) is 65.8 Å². The summed E-state index contributed by atoms with van der Waals surface area (Å²) in [6, 6.07) is 19.0. The molecule has 0 bridgehead atoms. The van der Waals surface area contributed by atoms with Crippen molar-refractivity contribution in [3.8, 4) is 5.75 Å². The van der Waals surface area contributed by atoms with Gasteiger partial charge in [0.2, 0.25) is 0 Å². The van der Waals surface area contributed by atoms with E-state index in [1.54, 1.807) is 17.8 Å². The summed E-state index contributed by atoms with van der Waals surface area (Å²) in [6.07, 6.45) is 0. The van der Waals surface area contributed by atoms with Crippen LogP contribution in [0, 0.1) is 5.82 Å². The van der Waals surface area contributed by atoms with E-state index in [9.17, 15) is 4.39 Å². The monoisotopic (exact) mass is 427 g/mol. The van der Waals surface area contributed by atoms with Gasteiger partial charge in [0, 0.05) is 18.4 Å². The Balaban J connectivity index is 1.47. The second-order valence-electron chi connectivity index (χ2n) is 6.43. The predicted molar refractivity (Wildman–Crippen MR) is 115 cm³/mol. The highest BCUT2D eigenvalue weighted by Crippen LogP contribution is 2.27. The van der Waals surface area contributed by atoms with Crippen LogP contribution in [0.25, 0.3) is 10.8 Å². The van der Waals surface area contributed by atoms with E-state index >= 15 is 0 Å². The molecule has 0 saturated carbocycles. The molecule has 1 aromatic heterocycles. The van der Waals surface area contributed by atoms with Gasteiger partial charge in [0.15, 0.2) is 11.0 Å². The van der Waals surface area contributed by atoms with Crippen LogP contribution < -0.4 is 4.74 Å². The van der Waals surface area contributed by atoms with E-state index in [1.165, 1.54) is 28.5 Å². The second-order valence-corrected chi connectivity index (χ2v) is 7.78. The van der Waals surface area contributed by atoms with Crippen LogP contribution in [0.4, 0.5) is 4.39 Å². The van der Waals surface area contributed by atoms with Crippen molar-refractivity contribution < 1.29 is 9.13 Å². The molecule has 0 aliphatic rings. The fourth-order valence-electron chi connectivity index (χ4n) is 3.13. The number of aromatic nitrogens is 3. The van der Waals surface area contributed by atoms with Crippen molar-refractivity contribution in [2.75, 3.05) is 0 Å². The van der Waals surface area contributed by atoms with Gasteiger partial charge in [-0.05, 0) is 35.4 Å². The molecule has 0 aliphatic carbocycles. The highest BCUT2D eigenvalue weighted by molar-refractivity contribution is 7.98. The maximum absolute atomic E-state index is 13.3. The second kappa shape index (κ2) is 8.84. The number of nitrogens with zero attached hydrogens (tertiary/aromatic N) is 3. The van der Waals surface area contributed by atoms with Gasteiger partial charge in [-0.3, -0.25) is 0 Å². The van der Waals surface area contributed by atoms with Crippen molar-refractivity contribution in [2.45, 2.75) is 31.0 Å². The van der Waals surface area contributed by atoms with Crippen molar-refractivity contribution in [3.05, 3.63) is 82.9 Å². The van der Waals surface area contributed by atoms with Crippen molar-refractivity contribution in [1.29, 1.82) is 0 Å². The fraction of sp³-hybridized carbons (Fsp3) is 0.182.